The van der Waals surface area contributed by atoms with Crippen LogP contribution in [0.2, 0.25) is 0 Å². The number of pyridine rings is 1. The molecule has 1 atom stereocenters. The first-order chi connectivity index (χ1) is 13.7. The Bertz CT molecular complexity index is 968. The Hall–Kier alpha value is -2.73. The molecular weight excluding hydrogens is 370 g/mol. The summed E-state index contributed by atoms with van der Waals surface area (Å²) in [6.07, 6.45) is 2.03. The summed E-state index contributed by atoms with van der Waals surface area (Å²) in [7, 11) is 1.66. The number of nitrogens with zero attached hydrogens (tertiary/aromatic N) is 3. The molecule has 3 aromatic rings. The summed E-state index contributed by atoms with van der Waals surface area (Å²) in [5, 5.41) is 0. The number of aromatic nitrogens is 2. The highest BCUT2D eigenvalue weighted by Crippen LogP contribution is 2.29. The van der Waals surface area contributed by atoms with Crippen LogP contribution in [0.5, 0.6) is 5.75 Å². The van der Waals surface area contributed by atoms with Gasteiger partial charge in [-0.1, -0.05) is 6.07 Å². The maximum Gasteiger partial charge on any atom is 0.265 e. The van der Waals surface area contributed by atoms with Gasteiger partial charge in [-0.2, -0.15) is 0 Å². The van der Waals surface area contributed by atoms with Crippen LogP contribution in [0.1, 0.15) is 39.8 Å². The Morgan fingerprint density at radius 3 is 2.75 bits per heavy atom. The van der Waals surface area contributed by atoms with Crippen LogP contribution in [0.15, 0.2) is 48.0 Å². The van der Waals surface area contributed by atoms with Crippen molar-refractivity contribution < 1.29 is 9.53 Å². The Morgan fingerprint density at radius 1 is 1.21 bits per heavy atom. The number of thiazole rings is 1. The van der Waals surface area contributed by atoms with Gasteiger partial charge in [-0.15, -0.1) is 11.3 Å². The van der Waals surface area contributed by atoms with Gasteiger partial charge in [0.15, 0.2) is 0 Å². The summed E-state index contributed by atoms with van der Waals surface area (Å²) < 4.78 is 5.24. The van der Waals surface area contributed by atoms with E-state index in [9.17, 15) is 4.79 Å². The lowest BCUT2D eigenvalue weighted by atomic mass is 9.93. The fourth-order valence-electron chi connectivity index (χ4n) is 3.66. The third kappa shape index (κ3) is 3.78. The second-order valence-electron chi connectivity index (χ2n) is 7.03. The Kier molecular flexibility index (Phi) is 5.39. The first-order valence-electron chi connectivity index (χ1n) is 9.46. The van der Waals surface area contributed by atoms with Gasteiger partial charge in [-0.05, 0) is 56.2 Å². The molecule has 0 unspecified atom stereocenters. The van der Waals surface area contributed by atoms with Crippen molar-refractivity contribution in [2.75, 3.05) is 20.2 Å². The number of ether oxygens (including phenoxy) is 1. The lowest BCUT2D eigenvalue weighted by Crippen LogP contribution is -2.39. The number of rotatable bonds is 4. The second-order valence-corrected chi connectivity index (χ2v) is 7.89. The molecule has 1 saturated heterocycles. The van der Waals surface area contributed by atoms with Gasteiger partial charge in [0.2, 0.25) is 0 Å². The van der Waals surface area contributed by atoms with E-state index in [2.05, 4.69) is 17.1 Å². The Morgan fingerprint density at radius 2 is 2.04 bits per heavy atom. The molecule has 0 bridgehead atoms. The summed E-state index contributed by atoms with van der Waals surface area (Å²) >= 11 is 1.42. The van der Waals surface area contributed by atoms with Crippen molar-refractivity contribution in [1.82, 2.24) is 14.9 Å². The quantitative estimate of drug-likeness (QED) is 0.653. The molecule has 4 rings (SSSR count). The zero-order valence-corrected chi connectivity index (χ0v) is 16.9. The number of aryl methyl sites for hydroxylation is 1. The van der Waals surface area contributed by atoms with E-state index in [1.54, 1.807) is 12.6 Å². The van der Waals surface area contributed by atoms with E-state index in [-0.39, 0.29) is 11.8 Å². The largest absolute Gasteiger partial charge is 0.497 e. The van der Waals surface area contributed by atoms with Crippen LogP contribution in [0.25, 0.3) is 11.3 Å². The van der Waals surface area contributed by atoms with Crippen molar-refractivity contribution in [3.05, 3.63) is 64.2 Å². The van der Waals surface area contributed by atoms with Crippen LogP contribution in [0.4, 0.5) is 0 Å². The zero-order chi connectivity index (χ0) is 19.5. The van der Waals surface area contributed by atoms with E-state index < -0.39 is 0 Å². The monoisotopic (exact) mass is 393 g/mol. The van der Waals surface area contributed by atoms with E-state index in [0.29, 0.717) is 6.54 Å². The van der Waals surface area contributed by atoms with Crippen molar-refractivity contribution in [2.24, 2.45) is 0 Å². The fraction of sp³-hybridized carbons (Fsp3) is 0.318. The average Bonchev–Trinajstić information content (AvgIpc) is 3.19. The third-order valence-corrected chi connectivity index (χ3v) is 6.14. The molecule has 144 valence electrons. The molecule has 1 aromatic carbocycles. The van der Waals surface area contributed by atoms with E-state index >= 15 is 0 Å². The maximum atomic E-state index is 12.9. The Balaban J connectivity index is 1.53. The Labute approximate surface area is 169 Å². The van der Waals surface area contributed by atoms with Gasteiger partial charge < -0.3 is 9.64 Å². The number of hydrogen-bond acceptors (Lipinski definition) is 5. The number of amides is 1. The summed E-state index contributed by atoms with van der Waals surface area (Å²) in [6.45, 7) is 3.39. The van der Waals surface area contributed by atoms with Crippen molar-refractivity contribution in [3.8, 4) is 17.0 Å². The molecule has 0 aliphatic carbocycles. The van der Waals surface area contributed by atoms with Gasteiger partial charge in [0, 0.05) is 30.3 Å². The highest BCUT2D eigenvalue weighted by atomic mass is 32.1. The topological polar surface area (TPSA) is 55.3 Å². The summed E-state index contributed by atoms with van der Waals surface area (Å²) in [6, 6.07) is 14.1. The van der Waals surface area contributed by atoms with E-state index in [4.69, 9.17) is 9.72 Å². The van der Waals surface area contributed by atoms with E-state index in [1.807, 2.05) is 42.2 Å². The van der Waals surface area contributed by atoms with Gasteiger partial charge in [-0.3, -0.25) is 9.78 Å². The highest BCUT2D eigenvalue weighted by Gasteiger charge is 2.28. The smallest absolute Gasteiger partial charge is 0.265 e. The van der Waals surface area contributed by atoms with Crippen LogP contribution >= 0.6 is 11.3 Å². The number of benzene rings is 1. The van der Waals surface area contributed by atoms with Crippen LogP contribution in [0.3, 0.4) is 0 Å². The molecule has 0 N–H and O–H groups in total. The first-order valence-corrected chi connectivity index (χ1v) is 10.3. The lowest BCUT2D eigenvalue weighted by Gasteiger charge is -2.32. The van der Waals surface area contributed by atoms with Crippen molar-refractivity contribution >= 4 is 17.2 Å². The number of hydrogen-bond donors (Lipinski definition) is 0. The number of likely N-dealkylation sites (tertiary alicyclic amines) is 1. The molecular formula is C22H23N3O2S. The van der Waals surface area contributed by atoms with Gasteiger partial charge >= 0.3 is 0 Å². The molecule has 2 aromatic heterocycles. The summed E-state index contributed by atoms with van der Waals surface area (Å²) in [5.74, 6) is 1.18. The molecule has 0 radical (unpaired) electrons. The van der Waals surface area contributed by atoms with Gasteiger partial charge in [0.25, 0.3) is 5.91 Å². The molecule has 1 amide bonds. The minimum absolute atomic E-state index is 0.0935. The molecule has 1 aliphatic rings. The van der Waals surface area contributed by atoms with Crippen LogP contribution in [-0.2, 0) is 0 Å². The lowest BCUT2D eigenvalue weighted by molar-refractivity contribution is 0.0710. The van der Waals surface area contributed by atoms with Crippen LogP contribution in [0, 0.1) is 6.92 Å². The van der Waals surface area contributed by atoms with Gasteiger partial charge in [-0.25, -0.2) is 4.98 Å². The fourth-order valence-corrected chi connectivity index (χ4v) is 4.42. The molecule has 0 spiro atoms. The second kappa shape index (κ2) is 8.10. The predicted octanol–water partition coefficient (Wildman–Crippen LogP) is 4.54. The molecule has 1 fully saturated rings. The minimum atomic E-state index is 0.0935. The summed E-state index contributed by atoms with van der Waals surface area (Å²) in [5.41, 5.74) is 5.61. The maximum absolute atomic E-state index is 12.9. The summed E-state index contributed by atoms with van der Waals surface area (Å²) in [4.78, 5) is 24.7. The number of carbonyl (C=O) groups excluding carboxylic acids is 1. The van der Waals surface area contributed by atoms with Crippen molar-refractivity contribution in [1.29, 1.82) is 0 Å². The average molecular weight is 394 g/mol. The van der Waals surface area contributed by atoms with E-state index in [1.165, 1.54) is 11.3 Å². The first kappa shape index (κ1) is 18.6. The highest BCUT2D eigenvalue weighted by molar-refractivity contribution is 7.11. The van der Waals surface area contributed by atoms with Gasteiger partial charge in [0.05, 0.1) is 24.0 Å². The standard InChI is InChI=1S/C22H23N3O2S/c1-15-21(28-14-23-15)22(26)25-12-4-5-17(13-25)20-7-3-6-19(24-20)16-8-10-18(27-2)11-9-16/h3,6-11,14,17H,4-5,12-13H2,1-2H3/t17-/m0/s1. The van der Waals surface area contributed by atoms with Crippen LogP contribution in [-0.4, -0.2) is 41.0 Å². The minimum Gasteiger partial charge on any atom is -0.497 e. The van der Waals surface area contributed by atoms with E-state index in [0.717, 1.165) is 52.7 Å². The third-order valence-electron chi connectivity index (χ3n) is 5.22. The molecule has 6 heteroatoms. The van der Waals surface area contributed by atoms with Crippen LogP contribution < -0.4 is 4.74 Å². The predicted molar refractivity (Wildman–Crippen MR) is 111 cm³/mol. The molecule has 28 heavy (non-hydrogen) atoms. The number of carbonyl (C=O) groups is 1. The van der Waals surface area contributed by atoms with Crippen molar-refractivity contribution in [3.63, 3.8) is 0 Å². The van der Waals surface area contributed by atoms with Gasteiger partial charge in [0.1, 0.15) is 10.6 Å². The SMILES string of the molecule is COc1ccc(-c2cccc([C@H]3CCCN(C(=O)c4scnc4C)C3)n2)cc1. The molecule has 3 heterocycles. The molecule has 1 aliphatic heterocycles. The zero-order valence-electron chi connectivity index (χ0n) is 16.1. The number of methoxy groups -OCH3 is 1. The molecule has 5 nitrogen and oxygen atoms in total. The normalized spacial score (nSPS) is 16.8. The number of piperidine rings is 1. The van der Waals surface area contributed by atoms with Crippen molar-refractivity contribution in [2.45, 2.75) is 25.7 Å². The molecule has 0 saturated carbocycles.